The highest BCUT2D eigenvalue weighted by molar-refractivity contribution is 5.79. The Hall–Kier alpha value is -0.650. The van der Waals surface area contributed by atoms with Crippen molar-refractivity contribution in [1.82, 2.24) is 5.32 Å². The predicted molar refractivity (Wildman–Crippen MR) is 60.8 cm³/mol. The summed E-state index contributed by atoms with van der Waals surface area (Å²) in [6.07, 6.45) is 3.84. The monoisotopic (exact) mass is 230 g/mol. The minimum absolute atomic E-state index is 0.00663. The van der Waals surface area contributed by atoms with Gasteiger partial charge in [0, 0.05) is 19.2 Å². The van der Waals surface area contributed by atoms with E-state index in [4.69, 9.17) is 15.6 Å². The zero-order valence-corrected chi connectivity index (χ0v) is 9.65. The quantitative estimate of drug-likeness (QED) is 0.521. The van der Waals surface area contributed by atoms with Gasteiger partial charge >= 0.3 is 0 Å². The molecule has 4 N–H and O–H groups in total. The first-order valence-electron chi connectivity index (χ1n) is 5.97. The Morgan fingerprint density at radius 1 is 1.31 bits per heavy atom. The summed E-state index contributed by atoms with van der Waals surface area (Å²) in [5, 5.41) is 11.5. The number of nitrogens with two attached hydrogens (primary N) is 1. The van der Waals surface area contributed by atoms with Crippen molar-refractivity contribution in [3.63, 3.8) is 0 Å². The molecule has 1 fully saturated rings. The molecule has 0 aliphatic carbocycles. The summed E-state index contributed by atoms with van der Waals surface area (Å²) in [5.41, 5.74) is 5.74. The normalized spacial score (nSPS) is 24.6. The van der Waals surface area contributed by atoms with Crippen LogP contribution in [0.15, 0.2) is 0 Å². The lowest BCUT2D eigenvalue weighted by Gasteiger charge is -2.13. The number of unbranched alkanes of at least 4 members (excludes halogenated alkanes) is 3. The highest BCUT2D eigenvalue weighted by Crippen LogP contribution is 2.11. The SMILES string of the molecule is NC1COCC1C(=O)NCCCCCCO. The molecule has 0 bridgehead atoms. The van der Waals surface area contributed by atoms with Gasteiger partial charge in [-0.3, -0.25) is 4.79 Å². The second-order valence-corrected chi connectivity index (χ2v) is 4.24. The number of ether oxygens (including phenoxy) is 1. The maximum absolute atomic E-state index is 11.6. The molecule has 0 saturated carbocycles. The molecule has 2 atom stereocenters. The van der Waals surface area contributed by atoms with Crippen molar-refractivity contribution < 1.29 is 14.6 Å². The molecular formula is C11H22N2O3. The van der Waals surface area contributed by atoms with Crippen LogP contribution < -0.4 is 11.1 Å². The largest absolute Gasteiger partial charge is 0.396 e. The van der Waals surface area contributed by atoms with E-state index in [1.165, 1.54) is 0 Å². The summed E-state index contributed by atoms with van der Waals surface area (Å²) in [6, 6.07) is -0.158. The van der Waals surface area contributed by atoms with Crippen LogP contribution in [0.25, 0.3) is 0 Å². The lowest BCUT2D eigenvalue weighted by molar-refractivity contribution is -0.125. The zero-order chi connectivity index (χ0) is 11.8. The number of rotatable bonds is 7. The Morgan fingerprint density at radius 2 is 2.06 bits per heavy atom. The third-order valence-electron chi connectivity index (χ3n) is 2.85. The highest BCUT2D eigenvalue weighted by atomic mass is 16.5. The van der Waals surface area contributed by atoms with Crippen molar-refractivity contribution in [1.29, 1.82) is 0 Å². The molecule has 0 aromatic rings. The van der Waals surface area contributed by atoms with Crippen molar-refractivity contribution in [2.45, 2.75) is 31.7 Å². The maximum Gasteiger partial charge on any atom is 0.227 e. The number of amides is 1. The smallest absolute Gasteiger partial charge is 0.227 e. The summed E-state index contributed by atoms with van der Waals surface area (Å²) in [6.45, 7) is 1.86. The minimum atomic E-state index is -0.183. The molecule has 1 aliphatic rings. The van der Waals surface area contributed by atoms with Gasteiger partial charge in [-0.25, -0.2) is 0 Å². The van der Waals surface area contributed by atoms with E-state index in [0.717, 1.165) is 25.7 Å². The van der Waals surface area contributed by atoms with Crippen molar-refractivity contribution in [3.05, 3.63) is 0 Å². The van der Waals surface area contributed by atoms with Crippen LogP contribution >= 0.6 is 0 Å². The van der Waals surface area contributed by atoms with Gasteiger partial charge in [0.05, 0.1) is 19.1 Å². The van der Waals surface area contributed by atoms with Gasteiger partial charge in [0.25, 0.3) is 0 Å². The van der Waals surface area contributed by atoms with Crippen molar-refractivity contribution in [2.24, 2.45) is 11.7 Å². The predicted octanol–water partition coefficient (Wildman–Crippen LogP) is -0.371. The third-order valence-corrected chi connectivity index (χ3v) is 2.85. The molecule has 5 heteroatoms. The molecule has 1 saturated heterocycles. The number of hydrogen-bond acceptors (Lipinski definition) is 4. The number of aliphatic hydroxyl groups excluding tert-OH is 1. The van der Waals surface area contributed by atoms with E-state index in [2.05, 4.69) is 5.32 Å². The van der Waals surface area contributed by atoms with Crippen LogP contribution in [0, 0.1) is 5.92 Å². The second-order valence-electron chi connectivity index (χ2n) is 4.24. The molecule has 5 nitrogen and oxygen atoms in total. The van der Waals surface area contributed by atoms with Crippen molar-refractivity contribution in [3.8, 4) is 0 Å². The average Bonchev–Trinajstić information content (AvgIpc) is 2.69. The number of carbonyl (C=O) groups excluding carboxylic acids is 1. The van der Waals surface area contributed by atoms with Crippen LogP contribution in [0.1, 0.15) is 25.7 Å². The first-order chi connectivity index (χ1) is 7.75. The lowest BCUT2D eigenvalue weighted by Crippen LogP contribution is -2.41. The van der Waals surface area contributed by atoms with Crippen molar-refractivity contribution in [2.75, 3.05) is 26.4 Å². The average molecular weight is 230 g/mol. The van der Waals surface area contributed by atoms with E-state index in [9.17, 15) is 4.79 Å². The first-order valence-corrected chi connectivity index (χ1v) is 5.97. The number of carbonyl (C=O) groups is 1. The Kier molecular flexibility index (Phi) is 6.37. The molecule has 0 spiro atoms. The Morgan fingerprint density at radius 3 is 2.69 bits per heavy atom. The number of aliphatic hydroxyl groups is 1. The van der Waals surface area contributed by atoms with Gasteiger partial charge in [0.15, 0.2) is 0 Å². The Labute approximate surface area is 96.3 Å². The fraction of sp³-hybridized carbons (Fsp3) is 0.909. The molecule has 1 aliphatic heterocycles. The summed E-state index contributed by atoms with van der Waals surface area (Å²) >= 11 is 0. The van der Waals surface area contributed by atoms with Crippen LogP contribution in [0.3, 0.4) is 0 Å². The molecule has 16 heavy (non-hydrogen) atoms. The van der Waals surface area contributed by atoms with E-state index >= 15 is 0 Å². The highest BCUT2D eigenvalue weighted by Gasteiger charge is 2.30. The third kappa shape index (κ3) is 4.47. The van der Waals surface area contributed by atoms with Gasteiger partial charge in [-0.15, -0.1) is 0 Å². The second kappa shape index (κ2) is 7.60. The molecule has 94 valence electrons. The number of nitrogens with one attached hydrogen (secondary N) is 1. The molecule has 2 unspecified atom stereocenters. The van der Waals surface area contributed by atoms with E-state index in [1.54, 1.807) is 0 Å². The summed E-state index contributed by atoms with van der Waals surface area (Å²) in [5.74, 6) is -0.176. The standard InChI is InChI=1S/C11H22N2O3/c12-10-8-16-7-9(10)11(15)13-5-3-1-2-4-6-14/h9-10,14H,1-8,12H2,(H,13,15). The van der Waals surface area contributed by atoms with Gasteiger partial charge < -0.3 is 20.9 Å². The van der Waals surface area contributed by atoms with Gasteiger partial charge in [-0.1, -0.05) is 12.8 Å². The molecule has 0 aromatic carbocycles. The molecule has 1 rings (SSSR count). The lowest BCUT2D eigenvalue weighted by atomic mass is 10.0. The molecule has 1 amide bonds. The van der Waals surface area contributed by atoms with Crippen LogP contribution in [0.2, 0.25) is 0 Å². The van der Waals surface area contributed by atoms with Gasteiger partial charge in [0.1, 0.15) is 0 Å². The van der Waals surface area contributed by atoms with Crippen LogP contribution in [0.5, 0.6) is 0 Å². The molecule has 1 heterocycles. The Balaban J connectivity index is 2.02. The van der Waals surface area contributed by atoms with E-state index in [-0.39, 0.29) is 24.5 Å². The molecular weight excluding hydrogens is 208 g/mol. The maximum atomic E-state index is 11.6. The van der Waals surface area contributed by atoms with Gasteiger partial charge in [-0.05, 0) is 12.8 Å². The van der Waals surface area contributed by atoms with Crippen LogP contribution in [0.4, 0.5) is 0 Å². The van der Waals surface area contributed by atoms with E-state index < -0.39 is 0 Å². The summed E-state index contributed by atoms with van der Waals surface area (Å²) in [4.78, 5) is 11.6. The molecule has 0 aromatic heterocycles. The van der Waals surface area contributed by atoms with E-state index in [1.807, 2.05) is 0 Å². The number of hydrogen-bond donors (Lipinski definition) is 3. The van der Waals surface area contributed by atoms with Crippen LogP contribution in [-0.2, 0) is 9.53 Å². The Bertz CT molecular complexity index is 211. The first kappa shape index (κ1) is 13.4. The fourth-order valence-corrected chi connectivity index (χ4v) is 1.77. The summed E-state index contributed by atoms with van der Waals surface area (Å²) in [7, 11) is 0. The fourth-order valence-electron chi connectivity index (χ4n) is 1.77. The van der Waals surface area contributed by atoms with Crippen LogP contribution in [-0.4, -0.2) is 43.4 Å². The minimum Gasteiger partial charge on any atom is -0.396 e. The molecule has 0 radical (unpaired) electrons. The van der Waals surface area contributed by atoms with E-state index in [0.29, 0.717) is 19.8 Å². The topological polar surface area (TPSA) is 84.6 Å². The van der Waals surface area contributed by atoms with Crippen molar-refractivity contribution >= 4 is 5.91 Å². The van der Waals surface area contributed by atoms with Gasteiger partial charge in [0.2, 0.25) is 5.91 Å². The summed E-state index contributed by atoms with van der Waals surface area (Å²) < 4.78 is 5.14. The van der Waals surface area contributed by atoms with Gasteiger partial charge in [-0.2, -0.15) is 0 Å². The zero-order valence-electron chi connectivity index (χ0n) is 9.65.